The minimum Gasteiger partial charge on any atom is -0.340 e. The van der Waals surface area contributed by atoms with E-state index in [-0.39, 0.29) is 5.78 Å². The molecule has 0 spiro atoms. The number of halogens is 1. The molecule has 0 unspecified atom stereocenters. The van der Waals surface area contributed by atoms with Crippen LogP contribution in [0.25, 0.3) is 21.8 Å². The Morgan fingerprint density at radius 2 is 1.85 bits per heavy atom. The van der Waals surface area contributed by atoms with Gasteiger partial charge in [-0.05, 0) is 30.7 Å². The minimum absolute atomic E-state index is 0.124. The third kappa shape index (κ3) is 2.06. The average Bonchev–Trinajstić information content (AvgIpc) is 2.81. The van der Waals surface area contributed by atoms with E-state index in [1.165, 1.54) is 21.8 Å². The number of Topliss-reactive ketones (excluding diaryl/α,β-unsaturated/α-hetero) is 1. The summed E-state index contributed by atoms with van der Waals surface area (Å²) in [6, 6.07) is 14.4. The third-order valence-electron chi connectivity index (χ3n) is 3.66. The van der Waals surface area contributed by atoms with Crippen LogP contribution in [0.2, 0.25) is 0 Å². The average molecular weight is 330 g/mol. The normalized spacial score (nSPS) is 11.3. The van der Waals surface area contributed by atoms with Crippen molar-refractivity contribution in [2.24, 2.45) is 0 Å². The van der Waals surface area contributed by atoms with Crippen LogP contribution in [0.15, 0.2) is 42.5 Å². The molecule has 20 heavy (non-hydrogen) atoms. The Bertz CT molecular complexity index is 788. The van der Waals surface area contributed by atoms with E-state index in [0.29, 0.717) is 5.33 Å². The molecule has 1 aromatic heterocycles. The Kier molecular flexibility index (Phi) is 3.62. The molecule has 1 heterocycles. The molecule has 0 bridgehead atoms. The van der Waals surface area contributed by atoms with Crippen LogP contribution in [0.1, 0.15) is 23.7 Å². The maximum atomic E-state index is 11.9. The van der Waals surface area contributed by atoms with Crippen LogP contribution in [-0.2, 0) is 6.54 Å². The fourth-order valence-corrected chi connectivity index (χ4v) is 3.09. The zero-order valence-corrected chi connectivity index (χ0v) is 13.0. The smallest absolute Gasteiger partial charge is 0.173 e. The lowest BCUT2D eigenvalue weighted by Crippen LogP contribution is -2.00. The highest BCUT2D eigenvalue weighted by atomic mass is 79.9. The van der Waals surface area contributed by atoms with Gasteiger partial charge in [0.1, 0.15) is 0 Å². The van der Waals surface area contributed by atoms with Crippen LogP contribution in [0.4, 0.5) is 0 Å². The molecule has 0 fully saturated rings. The van der Waals surface area contributed by atoms with Gasteiger partial charge in [0.25, 0.3) is 0 Å². The number of fused-ring (bicyclic) bond motifs is 3. The number of ketones is 1. The van der Waals surface area contributed by atoms with Crippen molar-refractivity contribution in [2.45, 2.75) is 19.9 Å². The number of nitrogens with zero attached hydrogens (tertiary/aromatic N) is 1. The number of alkyl halides is 1. The van der Waals surface area contributed by atoms with Crippen LogP contribution in [0.3, 0.4) is 0 Å². The lowest BCUT2D eigenvalue weighted by Gasteiger charge is -2.05. The molecule has 2 aromatic carbocycles. The minimum atomic E-state index is 0.124. The highest BCUT2D eigenvalue weighted by molar-refractivity contribution is 9.09. The number of aromatic nitrogens is 1. The molecule has 3 aromatic rings. The summed E-state index contributed by atoms with van der Waals surface area (Å²) < 4.78 is 2.34. The first-order chi connectivity index (χ1) is 9.76. The molecule has 0 aliphatic rings. The molecular formula is C17H16BrNO. The summed E-state index contributed by atoms with van der Waals surface area (Å²) in [6.45, 7) is 3.18. The zero-order valence-electron chi connectivity index (χ0n) is 11.4. The molecule has 0 radical (unpaired) electrons. The van der Waals surface area contributed by atoms with E-state index in [0.717, 1.165) is 18.5 Å². The van der Waals surface area contributed by atoms with Gasteiger partial charge in [-0.1, -0.05) is 41.1 Å². The first-order valence-electron chi connectivity index (χ1n) is 6.86. The first kappa shape index (κ1) is 13.4. The molecule has 0 aliphatic heterocycles. The van der Waals surface area contributed by atoms with E-state index in [2.05, 4.69) is 57.8 Å². The molecule has 3 rings (SSSR count). The molecule has 102 valence electrons. The van der Waals surface area contributed by atoms with Gasteiger partial charge in [-0.15, -0.1) is 0 Å². The fourth-order valence-electron chi connectivity index (χ4n) is 2.77. The Hall–Kier alpha value is -1.61. The molecule has 2 nitrogen and oxygen atoms in total. The molecule has 0 saturated carbocycles. The summed E-state index contributed by atoms with van der Waals surface area (Å²) in [4.78, 5) is 11.9. The summed E-state index contributed by atoms with van der Waals surface area (Å²) in [5.74, 6) is 0.124. The number of hydrogen-bond donors (Lipinski definition) is 0. The van der Waals surface area contributed by atoms with Crippen LogP contribution in [-0.4, -0.2) is 15.7 Å². The van der Waals surface area contributed by atoms with Crippen LogP contribution in [0, 0.1) is 0 Å². The number of aryl methyl sites for hydroxylation is 1. The van der Waals surface area contributed by atoms with Gasteiger partial charge >= 0.3 is 0 Å². The summed E-state index contributed by atoms with van der Waals surface area (Å²) >= 11 is 3.24. The van der Waals surface area contributed by atoms with E-state index in [4.69, 9.17) is 0 Å². The van der Waals surface area contributed by atoms with E-state index in [1.54, 1.807) is 0 Å². The molecule has 0 saturated heterocycles. The quantitative estimate of drug-likeness (QED) is 0.498. The maximum absolute atomic E-state index is 11.9. The van der Waals surface area contributed by atoms with Gasteiger partial charge in [0.15, 0.2) is 5.78 Å². The Morgan fingerprint density at radius 1 is 1.10 bits per heavy atom. The van der Waals surface area contributed by atoms with Crippen LogP contribution in [0.5, 0.6) is 0 Å². The standard InChI is InChI=1S/C17H16BrNO/c1-2-9-19-15-6-4-3-5-13(15)14-10-12(17(20)11-18)7-8-16(14)19/h3-8,10H,2,9,11H2,1H3. The molecule has 0 N–H and O–H groups in total. The topological polar surface area (TPSA) is 22.0 Å². The molecule has 0 atom stereocenters. The van der Waals surface area contributed by atoms with Gasteiger partial charge in [0.05, 0.1) is 5.33 Å². The predicted molar refractivity (Wildman–Crippen MR) is 87.9 cm³/mol. The Morgan fingerprint density at radius 3 is 2.60 bits per heavy atom. The van der Waals surface area contributed by atoms with Crippen LogP contribution >= 0.6 is 15.9 Å². The van der Waals surface area contributed by atoms with Gasteiger partial charge in [0, 0.05) is 33.9 Å². The Balaban J connectivity index is 2.34. The van der Waals surface area contributed by atoms with E-state index >= 15 is 0 Å². The van der Waals surface area contributed by atoms with E-state index in [1.807, 2.05) is 12.1 Å². The van der Waals surface area contributed by atoms with Crippen molar-refractivity contribution in [3.8, 4) is 0 Å². The molecule has 0 amide bonds. The van der Waals surface area contributed by atoms with Gasteiger partial charge in [-0.3, -0.25) is 4.79 Å². The summed E-state index contributed by atoms with van der Waals surface area (Å²) in [5, 5.41) is 2.76. The first-order valence-corrected chi connectivity index (χ1v) is 7.98. The van der Waals surface area contributed by atoms with Gasteiger partial charge in [-0.2, -0.15) is 0 Å². The number of rotatable bonds is 4. The second-order valence-corrected chi connectivity index (χ2v) is 5.52. The van der Waals surface area contributed by atoms with Crippen molar-refractivity contribution in [2.75, 3.05) is 5.33 Å². The fraction of sp³-hybridized carbons (Fsp3) is 0.235. The van der Waals surface area contributed by atoms with Crippen LogP contribution < -0.4 is 0 Å². The number of para-hydroxylation sites is 1. The lowest BCUT2D eigenvalue weighted by atomic mass is 10.1. The third-order valence-corrected chi connectivity index (χ3v) is 4.17. The second kappa shape index (κ2) is 5.41. The number of carbonyl (C=O) groups excluding carboxylic acids is 1. The predicted octanol–water partition coefficient (Wildman–Crippen LogP) is 4.78. The SMILES string of the molecule is CCCn1c2ccccc2c2cc(C(=O)CBr)ccc21. The number of hydrogen-bond acceptors (Lipinski definition) is 1. The van der Waals surface area contributed by atoms with E-state index in [9.17, 15) is 4.79 Å². The van der Waals surface area contributed by atoms with Crippen molar-refractivity contribution in [1.82, 2.24) is 4.57 Å². The van der Waals surface area contributed by atoms with Crippen molar-refractivity contribution in [1.29, 1.82) is 0 Å². The highest BCUT2D eigenvalue weighted by Gasteiger charge is 2.12. The van der Waals surface area contributed by atoms with Gasteiger partial charge in [-0.25, -0.2) is 0 Å². The van der Waals surface area contributed by atoms with Crippen molar-refractivity contribution in [3.63, 3.8) is 0 Å². The lowest BCUT2D eigenvalue weighted by molar-refractivity contribution is 0.102. The highest BCUT2D eigenvalue weighted by Crippen LogP contribution is 2.30. The van der Waals surface area contributed by atoms with Crippen molar-refractivity contribution < 1.29 is 4.79 Å². The molecule has 3 heteroatoms. The number of benzene rings is 2. The van der Waals surface area contributed by atoms with Crippen molar-refractivity contribution >= 4 is 43.5 Å². The zero-order chi connectivity index (χ0) is 14.1. The summed E-state index contributed by atoms with van der Waals surface area (Å²) in [7, 11) is 0. The van der Waals surface area contributed by atoms with Crippen molar-refractivity contribution in [3.05, 3.63) is 48.0 Å². The van der Waals surface area contributed by atoms with Gasteiger partial charge in [0.2, 0.25) is 0 Å². The Labute approximate surface area is 126 Å². The monoisotopic (exact) mass is 329 g/mol. The van der Waals surface area contributed by atoms with E-state index < -0.39 is 0 Å². The second-order valence-electron chi connectivity index (χ2n) is 4.96. The molecule has 0 aliphatic carbocycles. The summed E-state index contributed by atoms with van der Waals surface area (Å²) in [5.41, 5.74) is 3.22. The number of carbonyl (C=O) groups is 1. The largest absolute Gasteiger partial charge is 0.340 e. The summed E-state index contributed by atoms with van der Waals surface area (Å²) in [6.07, 6.45) is 1.09. The maximum Gasteiger partial charge on any atom is 0.173 e. The van der Waals surface area contributed by atoms with Gasteiger partial charge < -0.3 is 4.57 Å². The molecular weight excluding hydrogens is 314 g/mol.